The highest BCUT2D eigenvalue weighted by atomic mass is 32.1. The third kappa shape index (κ3) is 6.49. The van der Waals surface area contributed by atoms with Crippen LogP contribution in [0, 0.1) is 6.57 Å². The Balaban J connectivity index is 1.38. The van der Waals surface area contributed by atoms with E-state index in [1.807, 2.05) is 111 Å². The van der Waals surface area contributed by atoms with Gasteiger partial charge in [-0.1, -0.05) is 30.3 Å². The van der Waals surface area contributed by atoms with Crippen molar-refractivity contribution >= 4 is 61.7 Å². The Morgan fingerprint density at radius 3 is 2.22 bits per heavy atom. The number of rotatable bonds is 7. The van der Waals surface area contributed by atoms with Gasteiger partial charge in [-0.3, -0.25) is 0 Å². The average molecular weight is 611 g/mol. The zero-order chi connectivity index (χ0) is 31.5. The molecule has 5 aromatic rings. The van der Waals surface area contributed by atoms with Crippen molar-refractivity contribution in [3.05, 3.63) is 152 Å². The minimum Gasteiger partial charge on any atom is -0.457 e. The Morgan fingerprint density at radius 2 is 1.53 bits per heavy atom. The lowest BCUT2D eigenvalue weighted by Crippen LogP contribution is -2.09. The maximum Gasteiger partial charge on any atom is 0.343 e. The first-order chi connectivity index (χ1) is 21.8. The highest BCUT2D eigenvalue weighted by Gasteiger charge is 2.17. The molecule has 0 saturated heterocycles. The minimum atomic E-state index is -0.449. The maximum atomic E-state index is 12.9. The topological polar surface area (TPSA) is 63.2 Å². The fraction of sp³-hybridized carbons (Fsp3) is 0.108. The predicted molar refractivity (Wildman–Crippen MR) is 186 cm³/mol. The number of para-hydroxylation sites is 1. The molecule has 3 aromatic carbocycles. The van der Waals surface area contributed by atoms with Crippen molar-refractivity contribution < 1.29 is 9.15 Å². The average Bonchev–Trinajstić information content (AvgIpc) is 3.47. The van der Waals surface area contributed by atoms with Gasteiger partial charge in [-0.05, 0) is 84.0 Å². The smallest absolute Gasteiger partial charge is 0.343 e. The molecule has 0 radical (unpaired) electrons. The number of fused-ring (bicyclic) bond motifs is 2. The second-order valence-electron chi connectivity index (χ2n) is 10.9. The Labute approximate surface area is 265 Å². The second-order valence-corrected chi connectivity index (χ2v) is 11.9. The van der Waals surface area contributed by atoms with Crippen LogP contribution in [0.15, 0.2) is 123 Å². The van der Waals surface area contributed by atoms with Crippen molar-refractivity contribution in [3.8, 4) is 0 Å². The van der Waals surface area contributed by atoms with E-state index in [2.05, 4.69) is 17.0 Å². The second kappa shape index (κ2) is 12.5. The van der Waals surface area contributed by atoms with Crippen molar-refractivity contribution in [1.29, 1.82) is 0 Å². The molecule has 45 heavy (non-hydrogen) atoms. The van der Waals surface area contributed by atoms with Crippen molar-refractivity contribution in [1.82, 2.24) is 4.98 Å². The lowest BCUT2D eigenvalue weighted by molar-refractivity contribution is 0.332. The molecular formula is C37H30N4O3S. The van der Waals surface area contributed by atoms with Crippen LogP contribution >= 0.6 is 11.3 Å². The van der Waals surface area contributed by atoms with Crippen molar-refractivity contribution in [2.45, 2.75) is 0 Å². The summed E-state index contributed by atoms with van der Waals surface area (Å²) in [5.74, 6) is 1.02. The molecule has 0 spiro atoms. The zero-order valence-electron chi connectivity index (χ0n) is 25.3. The molecule has 0 aliphatic carbocycles. The van der Waals surface area contributed by atoms with E-state index in [-0.39, 0.29) is 0 Å². The fourth-order valence-corrected chi connectivity index (χ4v) is 5.77. The van der Waals surface area contributed by atoms with E-state index < -0.39 is 5.63 Å². The van der Waals surface area contributed by atoms with E-state index in [1.54, 1.807) is 24.3 Å². The fourth-order valence-electron chi connectivity index (χ4n) is 4.80. The van der Waals surface area contributed by atoms with E-state index in [0.29, 0.717) is 38.9 Å². The van der Waals surface area contributed by atoms with Gasteiger partial charge in [-0.2, -0.15) is 0 Å². The zero-order valence-corrected chi connectivity index (χ0v) is 26.1. The largest absolute Gasteiger partial charge is 0.457 e. The molecule has 0 N–H and O–H groups in total. The molecule has 0 amide bonds. The van der Waals surface area contributed by atoms with E-state index in [0.717, 1.165) is 32.5 Å². The molecule has 0 fully saturated rings. The van der Waals surface area contributed by atoms with Gasteiger partial charge in [0.2, 0.25) is 5.70 Å². The van der Waals surface area contributed by atoms with Crippen LogP contribution in [0.1, 0.15) is 16.1 Å². The van der Waals surface area contributed by atoms with Crippen LogP contribution in [-0.2, 0) is 4.74 Å². The first-order valence-corrected chi connectivity index (χ1v) is 15.1. The van der Waals surface area contributed by atoms with E-state index >= 15 is 0 Å². The molecule has 2 aromatic heterocycles. The molecule has 3 heterocycles. The van der Waals surface area contributed by atoms with Crippen LogP contribution < -0.4 is 15.4 Å². The minimum absolute atomic E-state index is 0.388. The van der Waals surface area contributed by atoms with Gasteiger partial charge >= 0.3 is 5.63 Å². The summed E-state index contributed by atoms with van der Waals surface area (Å²) in [5, 5.41) is 1.45. The lowest BCUT2D eigenvalue weighted by Gasteiger charge is -2.15. The van der Waals surface area contributed by atoms with Crippen LogP contribution in [-0.4, -0.2) is 33.2 Å². The third-order valence-electron chi connectivity index (χ3n) is 7.25. The van der Waals surface area contributed by atoms with Gasteiger partial charge in [0.05, 0.1) is 22.4 Å². The summed E-state index contributed by atoms with van der Waals surface area (Å²) >= 11 is 1.48. The Kier molecular flexibility index (Phi) is 8.19. The molecule has 0 saturated carbocycles. The molecule has 6 rings (SSSR count). The molecule has 222 valence electrons. The quantitative estimate of drug-likeness (QED) is 0.136. The summed E-state index contributed by atoms with van der Waals surface area (Å²) < 4.78 is 12.9. The number of thiazole rings is 1. The summed E-state index contributed by atoms with van der Waals surface area (Å²) in [6.07, 6.45) is 10.9. The molecule has 0 bridgehead atoms. The van der Waals surface area contributed by atoms with E-state index in [9.17, 15) is 4.79 Å². The molecule has 0 atom stereocenters. The van der Waals surface area contributed by atoms with Gasteiger partial charge in [-0.15, -0.1) is 11.3 Å². The van der Waals surface area contributed by atoms with Gasteiger partial charge in [0, 0.05) is 51.0 Å². The first kappa shape index (κ1) is 29.4. The van der Waals surface area contributed by atoms with E-state index in [1.165, 1.54) is 11.3 Å². The predicted octanol–water partition coefficient (Wildman–Crippen LogP) is 8.39. The van der Waals surface area contributed by atoms with Gasteiger partial charge in [0.15, 0.2) is 0 Å². The van der Waals surface area contributed by atoms with Crippen molar-refractivity contribution in [2.24, 2.45) is 0 Å². The van der Waals surface area contributed by atoms with Crippen molar-refractivity contribution in [2.75, 3.05) is 38.0 Å². The van der Waals surface area contributed by atoms with Crippen LogP contribution in [0.3, 0.4) is 0 Å². The van der Waals surface area contributed by atoms with Crippen LogP contribution in [0.4, 0.5) is 11.4 Å². The number of hydrogen-bond donors (Lipinski definition) is 0. The monoisotopic (exact) mass is 610 g/mol. The van der Waals surface area contributed by atoms with Gasteiger partial charge in [0.25, 0.3) is 0 Å². The SMILES string of the molecule is [C-]#[N+]/C(=C1C=C(/C=C/c2ccc(N(C)C)cc2)OC(/C=C/c2cc3ccc(N(C)C)cc3oc2=O)=C\1)c1nc2ccccc2s1. The van der Waals surface area contributed by atoms with Crippen LogP contribution in [0.2, 0.25) is 0 Å². The molecule has 8 heteroatoms. The summed E-state index contributed by atoms with van der Waals surface area (Å²) in [6.45, 7) is 8.05. The molecule has 1 aliphatic heterocycles. The Bertz CT molecular complexity index is 2140. The third-order valence-corrected chi connectivity index (χ3v) is 8.30. The van der Waals surface area contributed by atoms with Gasteiger partial charge < -0.3 is 19.0 Å². The summed E-state index contributed by atoms with van der Waals surface area (Å²) in [6, 6.07) is 23.6. The number of anilines is 2. The Morgan fingerprint density at radius 1 is 0.844 bits per heavy atom. The molecule has 1 aliphatic rings. The molecule has 7 nitrogen and oxygen atoms in total. The van der Waals surface area contributed by atoms with Crippen molar-refractivity contribution in [3.63, 3.8) is 0 Å². The maximum absolute atomic E-state index is 12.9. The number of hydrogen-bond acceptors (Lipinski definition) is 7. The summed E-state index contributed by atoms with van der Waals surface area (Å²) in [7, 11) is 7.88. The molecular weight excluding hydrogens is 580 g/mol. The van der Waals surface area contributed by atoms with Crippen LogP contribution in [0.5, 0.6) is 0 Å². The van der Waals surface area contributed by atoms with Gasteiger partial charge in [0.1, 0.15) is 22.1 Å². The standard InChI is InChI=1S/C37H30N4O3S/c1-38-35(36-39-32-8-6-7-9-34(32)45-36)27-21-30(18-12-24-10-15-28(16-11-24)40(2)3)43-31(22-27)19-14-26-20-25-13-17-29(41(4)5)23-33(25)44-37(26)42/h6-23H,2-5H3/b18-12+,19-14+,35-27+. The number of ether oxygens (including phenoxy) is 1. The highest BCUT2D eigenvalue weighted by molar-refractivity contribution is 7.19. The number of aromatic nitrogens is 1. The lowest BCUT2D eigenvalue weighted by atomic mass is 10.1. The van der Waals surface area contributed by atoms with Gasteiger partial charge in [-0.25, -0.2) is 14.6 Å². The molecule has 0 unspecified atom stereocenters. The first-order valence-electron chi connectivity index (χ1n) is 14.2. The number of benzene rings is 3. The normalized spacial score (nSPS) is 14.4. The number of allylic oxidation sites excluding steroid dienone is 5. The number of nitrogens with zero attached hydrogens (tertiary/aromatic N) is 4. The summed E-state index contributed by atoms with van der Waals surface area (Å²) in [5.41, 5.74) is 5.45. The van der Waals surface area contributed by atoms with Crippen LogP contribution in [0.25, 0.3) is 43.9 Å². The Hall–Kier alpha value is -5.65. The summed E-state index contributed by atoms with van der Waals surface area (Å²) in [4.78, 5) is 25.5. The van der Waals surface area contributed by atoms with E-state index in [4.69, 9.17) is 20.7 Å². The highest BCUT2D eigenvalue weighted by Crippen LogP contribution is 2.34.